The first-order valence-corrected chi connectivity index (χ1v) is 6.40. The number of halogens is 2. The number of benzene rings is 1. The molecule has 5 heteroatoms. The van der Waals surface area contributed by atoms with E-state index in [1.807, 2.05) is 14.0 Å². The van der Waals surface area contributed by atoms with E-state index in [1.165, 1.54) is 6.08 Å². The van der Waals surface area contributed by atoms with Gasteiger partial charge in [0.05, 0.1) is 16.2 Å². The zero-order valence-electron chi connectivity index (χ0n) is 10.5. The van der Waals surface area contributed by atoms with E-state index in [0.717, 1.165) is 11.3 Å². The first-order chi connectivity index (χ1) is 8.99. The number of nitrogens with zero attached hydrogens (tertiary/aromatic N) is 2. The highest BCUT2D eigenvalue weighted by Crippen LogP contribution is 2.23. The minimum atomic E-state index is -0.123. The Kier molecular flexibility index (Phi) is 4.08. The van der Waals surface area contributed by atoms with E-state index in [-0.39, 0.29) is 5.78 Å². The predicted molar refractivity (Wildman–Crippen MR) is 77.8 cm³/mol. The summed E-state index contributed by atoms with van der Waals surface area (Å²) >= 11 is 11.7. The van der Waals surface area contributed by atoms with Crippen LogP contribution in [-0.4, -0.2) is 15.6 Å². The van der Waals surface area contributed by atoms with E-state index in [2.05, 4.69) is 5.10 Å². The Balaban J connectivity index is 2.21. The fourth-order valence-electron chi connectivity index (χ4n) is 1.59. The minimum absolute atomic E-state index is 0.123. The van der Waals surface area contributed by atoms with Crippen molar-refractivity contribution in [3.05, 3.63) is 57.3 Å². The summed E-state index contributed by atoms with van der Waals surface area (Å²) in [7, 11) is 1.85. The van der Waals surface area contributed by atoms with Gasteiger partial charge in [-0.3, -0.25) is 9.48 Å². The highest BCUT2D eigenvalue weighted by atomic mass is 35.5. The lowest BCUT2D eigenvalue weighted by Gasteiger charge is -1.99. The summed E-state index contributed by atoms with van der Waals surface area (Å²) < 4.78 is 1.75. The molecule has 0 aliphatic heterocycles. The molecule has 0 saturated heterocycles. The molecule has 0 aliphatic carbocycles. The summed E-state index contributed by atoms with van der Waals surface area (Å²) in [4.78, 5) is 12.0. The number of hydrogen-bond donors (Lipinski definition) is 0. The van der Waals surface area contributed by atoms with E-state index >= 15 is 0 Å². The molecule has 0 fully saturated rings. The Labute approximate surface area is 121 Å². The van der Waals surface area contributed by atoms with E-state index < -0.39 is 0 Å². The van der Waals surface area contributed by atoms with Gasteiger partial charge in [0.1, 0.15) is 0 Å². The van der Waals surface area contributed by atoms with Gasteiger partial charge in [0.15, 0.2) is 5.78 Å². The molecule has 1 aromatic heterocycles. The third-order valence-corrected chi connectivity index (χ3v) is 3.63. The number of ketones is 1. The molecule has 0 aliphatic rings. The summed E-state index contributed by atoms with van der Waals surface area (Å²) in [6.45, 7) is 1.94. The van der Waals surface area contributed by atoms with Crippen LogP contribution in [-0.2, 0) is 7.05 Å². The normalized spacial score (nSPS) is 11.2. The Hall–Kier alpha value is -1.58. The number of hydrogen-bond acceptors (Lipinski definition) is 2. The van der Waals surface area contributed by atoms with Gasteiger partial charge in [0, 0.05) is 23.9 Å². The molecule has 19 heavy (non-hydrogen) atoms. The number of aryl methyl sites for hydroxylation is 1. The molecule has 0 atom stereocenters. The van der Waals surface area contributed by atoms with Gasteiger partial charge in [-0.1, -0.05) is 23.2 Å². The molecular weight excluding hydrogens is 283 g/mol. The third kappa shape index (κ3) is 3.06. The molecule has 98 valence electrons. The van der Waals surface area contributed by atoms with E-state index in [1.54, 1.807) is 35.2 Å². The van der Waals surface area contributed by atoms with Gasteiger partial charge < -0.3 is 0 Å². The SMILES string of the molecule is Cc1c(C=CC(=O)c2ccc(Cl)c(Cl)c2)cnn1C. The van der Waals surface area contributed by atoms with Gasteiger partial charge in [-0.15, -0.1) is 0 Å². The van der Waals surface area contributed by atoms with Crippen LogP contribution < -0.4 is 0 Å². The monoisotopic (exact) mass is 294 g/mol. The molecule has 0 spiro atoms. The summed E-state index contributed by atoms with van der Waals surface area (Å²) in [5.74, 6) is -0.123. The summed E-state index contributed by atoms with van der Waals surface area (Å²) in [6, 6.07) is 4.82. The first-order valence-electron chi connectivity index (χ1n) is 5.65. The van der Waals surface area contributed by atoms with E-state index in [9.17, 15) is 4.79 Å². The van der Waals surface area contributed by atoms with Crippen LogP contribution in [0.4, 0.5) is 0 Å². The van der Waals surface area contributed by atoms with Gasteiger partial charge in [-0.25, -0.2) is 0 Å². The summed E-state index contributed by atoms with van der Waals surface area (Å²) in [6.07, 6.45) is 4.96. The van der Waals surface area contributed by atoms with Crippen LogP contribution in [0.25, 0.3) is 6.08 Å². The van der Waals surface area contributed by atoms with Crippen LogP contribution in [0.1, 0.15) is 21.6 Å². The average Bonchev–Trinajstić information content (AvgIpc) is 2.70. The number of carbonyl (C=O) groups excluding carboxylic acids is 1. The Morgan fingerprint density at radius 3 is 2.63 bits per heavy atom. The van der Waals surface area contributed by atoms with Crippen molar-refractivity contribution >= 4 is 35.1 Å². The maximum atomic E-state index is 12.0. The van der Waals surface area contributed by atoms with Crippen LogP contribution in [0, 0.1) is 6.92 Å². The molecule has 0 amide bonds. The van der Waals surface area contributed by atoms with E-state index in [0.29, 0.717) is 15.6 Å². The standard InChI is InChI=1S/C14H12Cl2N2O/c1-9-11(8-17-18(9)2)4-6-14(19)10-3-5-12(15)13(16)7-10/h3-8H,1-2H3. The predicted octanol–water partition coefficient (Wildman–Crippen LogP) is 3.93. The highest BCUT2D eigenvalue weighted by molar-refractivity contribution is 6.42. The maximum absolute atomic E-state index is 12.0. The van der Waals surface area contributed by atoms with Crippen molar-refractivity contribution in [2.75, 3.05) is 0 Å². The Morgan fingerprint density at radius 2 is 2.05 bits per heavy atom. The van der Waals surface area contributed by atoms with Crippen molar-refractivity contribution in [2.24, 2.45) is 7.05 Å². The first kappa shape index (κ1) is 13.8. The number of carbonyl (C=O) groups is 1. The minimum Gasteiger partial charge on any atom is -0.289 e. The van der Waals surface area contributed by atoms with Crippen molar-refractivity contribution in [1.29, 1.82) is 0 Å². The zero-order chi connectivity index (χ0) is 14.0. The summed E-state index contributed by atoms with van der Waals surface area (Å²) in [5, 5.41) is 4.92. The fourth-order valence-corrected chi connectivity index (χ4v) is 1.89. The zero-order valence-corrected chi connectivity index (χ0v) is 12.0. The molecule has 1 aromatic carbocycles. The van der Waals surface area contributed by atoms with Crippen molar-refractivity contribution in [3.8, 4) is 0 Å². The van der Waals surface area contributed by atoms with Gasteiger partial charge in [0.25, 0.3) is 0 Å². The molecule has 2 aromatic rings. The van der Waals surface area contributed by atoms with Crippen LogP contribution in [0.5, 0.6) is 0 Å². The molecule has 3 nitrogen and oxygen atoms in total. The second kappa shape index (κ2) is 5.59. The van der Waals surface area contributed by atoms with E-state index in [4.69, 9.17) is 23.2 Å². The fraction of sp³-hybridized carbons (Fsp3) is 0.143. The van der Waals surface area contributed by atoms with Gasteiger partial charge in [-0.2, -0.15) is 5.10 Å². The van der Waals surface area contributed by atoms with Crippen LogP contribution in [0.15, 0.2) is 30.5 Å². The molecule has 0 bridgehead atoms. The molecule has 0 saturated carbocycles. The molecule has 0 radical (unpaired) electrons. The van der Waals surface area contributed by atoms with Crippen LogP contribution >= 0.6 is 23.2 Å². The van der Waals surface area contributed by atoms with Crippen LogP contribution in [0.2, 0.25) is 10.0 Å². The van der Waals surface area contributed by atoms with Gasteiger partial charge in [-0.05, 0) is 37.3 Å². The smallest absolute Gasteiger partial charge is 0.185 e. The topological polar surface area (TPSA) is 34.9 Å². The van der Waals surface area contributed by atoms with Gasteiger partial charge >= 0.3 is 0 Å². The molecule has 1 heterocycles. The Bertz CT molecular complexity index is 659. The van der Waals surface area contributed by atoms with Crippen LogP contribution in [0.3, 0.4) is 0 Å². The quantitative estimate of drug-likeness (QED) is 0.635. The molecule has 2 rings (SSSR count). The lowest BCUT2D eigenvalue weighted by molar-refractivity contribution is 0.104. The third-order valence-electron chi connectivity index (χ3n) is 2.89. The highest BCUT2D eigenvalue weighted by Gasteiger charge is 2.06. The lowest BCUT2D eigenvalue weighted by atomic mass is 10.1. The lowest BCUT2D eigenvalue weighted by Crippen LogP contribution is -1.94. The molecular formula is C14H12Cl2N2O. The maximum Gasteiger partial charge on any atom is 0.185 e. The van der Waals surface area contributed by atoms with Crippen molar-refractivity contribution in [2.45, 2.75) is 6.92 Å². The number of rotatable bonds is 3. The van der Waals surface area contributed by atoms with Crippen molar-refractivity contribution < 1.29 is 4.79 Å². The van der Waals surface area contributed by atoms with Crippen molar-refractivity contribution in [1.82, 2.24) is 9.78 Å². The second-order valence-electron chi connectivity index (χ2n) is 4.14. The second-order valence-corrected chi connectivity index (χ2v) is 4.95. The summed E-state index contributed by atoms with van der Waals surface area (Å²) in [5.41, 5.74) is 2.42. The van der Waals surface area contributed by atoms with Gasteiger partial charge in [0.2, 0.25) is 0 Å². The molecule has 0 N–H and O–H groups in total. The Morgan fingerprint density at radius 1 is 1.32 bits per heavy atom. The van der Waals surface area contributed by atoms with Crippen molar-refractivity contribution in [3.63, 3.8) is 0 Å². The average molecular weight is 295 g/mol. The largest absolute Gasteiger partial charge is 0.289 e. The molecule has 0 unspecified atom stereocenters. The number of allylic oxidation sites excluding steroid dienone is 1. The number of aromatic nitrogens is 2.